The smallest absolute Gasteiger partial charge is 0.435 e. The van der Waals surface area contributed by atoms with Crippen molar-refractivity contribution in [1.82, 2.24) is 13.9 Å². The number of alkyl halides is 3. The van der Waals surface area contributed by atoms with Gasteiger partial charge in [0.25, 0.3) is 5.56 Å². The predicted octanol–water partition coefficient (Wildman–Crippen LogP) is 4.77. The Morgan fingerprint density at radius 2 is 1.81 bits per heavy atom. The highest BCUT2D eigenvalue weighted by molar-refractivity contribution is 7.12. The zero-order chi connectivity index (χ0) is 22.3. The molecule has 0 saturated heterocycles. The Morgan fingerprint density at radius 3 is 2.48 bits per heavy atom. The van der Waals surface area contributed by atoms with Crippen LogP contribution in [-0.4, -0.2) is 19.0 Å². The number of para-hydroxylation sites is 1. The minimum atomic E-state index is -4.85. The van der Waals surface area contributed by atoms with Crippen molar-refractivity contribution in [3.05, 3.63) is 75.7 Å². The fourth-order valence-electron chi connectivity index (χ4n) is 3.14. The van der Waals surface area contributed by atoms with Gasteiger partial charge in [-0.15, -0.1) is 0 Å². The molecule has 0 radical (unpaired) electrons. The molecule has 0 aliphatic rings. The molecule has 31 heavy (non-hydrogen) atoms. The van der Waals surface area contributed by atoms with Crippen LogP contribution in [0.1, 0.15) is 11.3 Å². The summed E-state index contributed by atoms with van der Waals surface area (Å²) in [5.41, 5.74) is -1.87. The Kier molecular flexibility index (Phi) is 5.21. The van der Waals surface area contributed by atoms with Crippen LogP contribution in [0.15, 0.2) is 47.3 Å². The summed E-state index contributed by atoms with van der Waals surface area (Å²) in [7, 11) is 0. The summed E-state index contributed by atoms with van der Waals surface area (Å²) in [4.78, 5) is 17.0. The van der Waals surface area contributed by atoms with Crippen LogP contribution in [0.25, 0.3) is 21.6 Å². The third-order valence-corrected chi connectivity index (χ3v) is 5.36. The molecular weight excluding hydrogens is 441 g/mol. The van der Waals surface area contributed by atoms with Crippen LogP contribution >= 0.6 is 11.5 Å². The van der Waals surface area contributed by atoms with Gasteiger partial charge in [0.2, 0.25) is 0 Å². The molecule has 2 heterocycles. The molecule has 0 amide bonds. The summed E-state index contributed by atoms with van der Waals surface area (Å²) >= 11 is 0.429. The second kappa shape index (κ2) is 7.73. The van der Waals surface area contributed by atoms with Gasteiger partial charge in [-0.2, -0.15) is 17.5 Å². The predicted molar refractivity (Wildman–Crippen MR) is 104 cm³/mol. The lowest BCUT2D eigenvalue weighted by atomic mass is 10.1. The van der Waals surface area contributed by atoms with E-state index in [-0.39, 0.29) is 34.9 Å². The number of fused-ring (bicyclic) bond motifs is 1. The third kappa shape index (κ3) is 3.88. The molecule has 2 aromatic heterocycles. The molecule has 0 aliphatic heterocycles. The van der Waals surface area contributed by atoms with Crippen molar-refractivity contribution in [2.24, 2.45) is 0 Å². The van der Waals surface area contributed by atoms with E-state index in [9.17, 15) is 31.9 Å². The number of halogens is 5. The van der Waals surface area contributed by atoms with E-state index in [1.165, 1.54) is 24.3 Å². The molecule has 0 spiro atoms. The number of rotatable bonds is 4. The average molecular weight is 453 g/mol. The number of aromatic nitrogens is 3. The molecule has 4 aromatic rings. The monoisotopic (exact) mass is 453 g/mol. The van der Waals surface area contributed by atoms with Crippen LogP contribution in [0.2, 0.25) is 0 Å². The first-order chi connectivity index (χ1) is 14.7. The van der Waals surface area contributed by atoms with Gasteiger partial charge >= 0.3 is 6.18 Å². The highest BCUT2D eigenvalue weighted by Gasteiger charge is 2.38. The van der Waals surface area contributed by atoms with Crippen LogP contribution in [-0.2, 0) is 19.1 Å². The van der Waals surface area contributed by atoms with Gasteiger partial charge in [-0.25, -0.2) is 13.8 Å². The first-order valence-electron chi connectivity index (χ1n) is 8.86. The van der Waals surface area contributed by atoms with Crippen molar-refractivity contribution in [3.8, 4) is 17.1 Å². The number of aryl methyl sites for hydroxylation is 1. The summed E-state index contributed by atoms with van der Waals surface area (Å²) < 4.78 is 71.0. The molecule has 0 unspecified atom stereocenters. The second-order valence-electron chi connectivity index (χ2n) is 6.62. The average Bonchev–Trinajstić information content (AvgIpc) is 3.15. The fourth-order valence-corrected chi connectivity index (χ4v) is 3.92. The Labute approximate surface area is 175 Å². The molecule has 0 bridgehead atoms. The largest absolute Gasteiger partial charge is 0.507 e. The van der Waals surface area contributed by atoms with Crippen molar-refractivity contribution in [1.29, 1.82) is 0 Å². The van der Waals surface area contributed by atoms with E-state index in [0.717, 1.165) is 16.7 Å². The van der Waals surface area contributed by atoms with E-state index in [4.69, 9.17) is 0 Å². The lowest BCUT2D eigenvalue weighted by Crippen LogP contribution is -2.26. The quantitative estimate of drug-likeness (QED) is 0.453. The Morgan fingerprint density at radius 1 is 1.06 bits per heavy atom. The van der Waals surface area contributed by atoms with Crippen molar-refractivity contribution < 1.29 is 27.1 Å². The van der Waals surface area contributed by atoms with Crippen molar-refractivity contribution >= 4 is 21.7 Å². The topological polar surface area (TPSA) is 68.0 Å². The standard InChI is InChI=1S/C20H12F5N3O2S/c21-12-6-5-10(9-13(12)22)7-8-28-17(11-3-1-2-4-14(11)29)26-18-15(19(28)30)16(27-31-18)20(23,24)25/h1-6,9,29H,7-8H2. The second-order valence-corrected chi connectivity index (χ2v) is 7.37. The minimum Gasteiger partial charge on any atom is -0.507 e. The highest BCUT2D eigenvalue weighted by Crippen LogP contribution is 2.35. The zero-order valence-electron chi connectivity index (χ0n) is 15.5. The molecule has 0 fully saturated rings. The van der Waals surface area contributed by atoms with Crippen LogP contribution in [0.5, 0.6) is 5.75 Å². The van der Waals surface area contributed by atoms with Gasteiger partial charge in [0.15, 0.2) is 22.2 Å². The first kappa shape index (κ1) is 20.9. The minimum absolute atomic E-state index is 0.00378. The van der Waals surface area contributed by atoms with Crippen molar-refractivity contribution in [2.45, 2.75) is 19.1 Å². The van der Waals surface area contributed by atoms with Gasteiger partial charge in [0, 0.05) is 6.54 Å². The van der Waals surface area contributed by atoms with Gasteiger partial charge in [-0.1, -0.05) is 18.2 Å². The maximum Gasteiger partial charge on any atom is 0.435 e. The number of phenolic OH excluding ortho intramolecular Hbond substituents is 1. The molecule has 5 nitrogen and oxygen atoms in total. The SMILES string of the molecule is O=c1c2c(C(F)(F)F)nsc2nc(-c2ccccc2O)n1CCc1ccc(F)c(F)c1. The van der Waals surface area contributed by atoms with E-state index in [0.29, 0.717) is 17.1 Å². The van der Waals surface area contributed by atoms with Gasteiger partial charge < -0.3 is 5.11 Å². The lowest BCUT2D eigenvalue weighted by Gasteiger charge is -2.14. The number of phenols is 1. The molecular formula is C20H12F5N3O2S. The summed E-state index contributed by atoms with van der Waals surface area (Å²) in [6.45, 7) is -0.191. The number of aromatic hydroxyl groups is 1. The number of hydrogen-bond donors (Lipinski definition) is 1. The fraction of sp³-hybridized carbons (Fsp3) is 0.150. The van der Waals surface area contributed by atoms with E-state index < -0.39 is 34.5 Å². The Hall–Kier alpha value is -3.34. The zero-order valence-corrected chi connectivity index (χ0v) is 16.3. The molecule has 160 valence electrons. The van der Waals surface area contributed by atoms with Gasteiger partial charge in [-0.3, -0.25) is 9.36 Å². The molecule has 0 atom stereocenters. The molecule has 1 N–H and O–H groups in total. The van der Waals surface area contributed by atoms with Crippen molar-refractivity contribution in [2.75, 3.05) is 0 Å². The van der Waals surface area contributed by atoms with E-state index in [1.807, 2.05) is 0 Å². The van der Waals surface area contributed by atoms with Gasteiger partial charge in [0.05, 0.1) is 5.56 Å². The van der Waals surface area contributed by atoms with Crippen molar-refractivity contribution in [3.63, 3.8) is 0 Å². The summed E-state index contributed by atoms with van der Waals surface area (Å²) in [6.07, 6.45) is -4.85. The van der Waals surface area contributed by atoms with Crippen LogP contribution in [0, 0.1) is 11.6 Å². The maximum absolute atomic E-state index is 13.5. The number of nitrogens with zero attached hydrogens (tertiary/aromatic N) is 3. The van der Waals surface area contributed by atoms with Gasteiger partial charge in [0.1, 0.15) is 17.0 Å². The summed E-state index contributed by atoms with van der Waals surface area (Å²) in [5, 5.41) is 9.52. The normalized spacial score (nSPS) is 11.9. The lowest BCUT2D eigenvalue weighted by molar-refractivity contribution is -0.139. The highest BCUT2D eigenvalue weighted by atomic mass is 32.1. The van der Waals surface area contributed by atoms with Gasteiger partial charge in [-0.05, 0) is 47.8 Å². The Balaban J connectivity index is 1.90. The third-order valence-electron chi connectivity index (χ3n) is 4.62. The van der Waals surface area contributed by atoms with Crippen LogP contribution in [0.4, 0.5) is 22.0 Å². The maximum atomic E-state index is 13.5. The van der Waals surface area contributed by atoms with E-state index in [2.05, 4.69) is 9.36 Å². The molecule has 0 aliphatic carbocycles. The number of hydrogen-bond acceptors (Lipinski definition) is 5. The molecule has 2 aromatic carbocycles. The van der Waals surface area contributed by atoms with Crippen LogP contribution < -0.4 is 5.56 Å². The Bertz CT molecular complexity index is 1350. The summed E-state index contributed by atoms with van der Waals surface area (Å²) in [5.74, 6) is -2.41. The molecule has 11 heteroatoms. The molecule has 0 saturated carbocycles. The van der Waals surface area contributed by atoms with Crippen LogP contribution in [0.3, 0.4) is 0 Å². The van der Waals surface area contributed by atoms with E-state index >= 15 is 0 Å². The number of benzene rings is 2. The summed E-state index contributed by atoms with van der Waals surface area (Å²) in [6, 6.07) is 9.08. The van der Waals surface area contributed by atoms with E-state index in [1.54, 1.807) is 6.07 Å². The first-order valence-corrected chi connectivity index (χ1v) is 9.64. The molecule has 4 rings (SSSR count).